The van der Waals surface area contributed by atoms with Crippen LogP contribution in [0, 0.1) is 17.8 Å². The van der Waals surface area contributed by atoms with Crippen molar-refractivity contribution in [1.29, 1.82) is 0 Å². The molecule has 5 rings (SSSR count). The Labute approximate surface area is 153 Å². The number of carbonyl (C=O) groups is 1. The fourth-order valence-corrected chi connectivity index (χ4v) is 6.90. The molecular formula is C18H21Br2NO2. The number of carbonyl (C=O) groups excluding carboxylic acids is 1. The number of amides is 1. The third-order valence-corrected chi connectivity index (χ3v) is 6.92. The summed E-state index contributed by atoms with van der Waals surface area (Å²) in [5.41, 5.74) is 0.621. The Balaban J connectivity index is 1.61. The number of methoxy groups -OCH3 is 1. The van der Waals surface area contributed by atoms with E-state index in [4.69, 9.17) is 4.74 Å². The molecule has 3 nitrogen and oxygen atoms in total. The Morgan fingerprint density at radius 2 is 1.70 bits per heavy atom. The first-order valence-electron chi connectivity index (χ1n) is 8.33. The lowest BCUT2D eigenvalue weighted by molar-refractivity contribution is -0.0167. The molecule has 0 spiro atoms. The highest BCUT2D eigenvalue weighted by Gasteiger charge is 2.51. The summed E-state index contributed by atoms with van der Waals surface area (Å²) in [4.78, 5) is 13.0. The number of hydrogen-bond donors (Lipinski definition) is 1. The molecule has 1 aromatic rings. The van der Waals surface area contributed by atoms with Crippen LogP contribution in [-0.4, -0.2) is 18.6 Å². The van der Waals surface area contributed by atoms with Crippen LogP contribution < -0.4 is 10.1 Å². The van der Waals surface area contributed by atoms with E-state index in [2.05, 4.69) is 37.2 Å². The van der Waals surface area contributed by atoms with E-state index in [9.17, 15) is 4.79 Å². The standard InChI is InChI=1S/C18H21Br2NO2/c1-23-16-14(5-13(19)6-15(16)20)17(22)21-18-7-10-2-11(8-18)4-12(3-10)9-18/h5-6,10-12H,2-4,7-9H2,1H3,(H,21,22). The van der Waals surface area contributed by atoms with Crippen LogP contribution in [0.4, 0.5) is 0 Å². The molecule has 4 aliphatic carbocycles. The molecule has 4 aliphatic rings. The lowest BCUT2D eigenvalue weighted by Gasteiger charge is -2.56. The Bertz CT molecular complexity index is 623. The van der Waals surface area contributed by atoms with Gasteiger partial charge in [-0.25, -0.2) is 0 Å². The molecule has 0 unspecified atom stereocenters. The molecule has 0 atom stereocenters. The van der Waals surface area contributed by atoms with Crippen molar-refractivity contribution < 1.29 is 9.53 Å². The third kappa shape index (κ3) is 2.84. The highest BCUT2D eigenvalue weighted by atomic mass is 79.9. The van der Waals surface area contributed by atoms with Gasteiger partial charge in [-0.3, -0.25) is 4.79 Å². The number of ether oxygens (including phenoxy) is 1. The van der Waals surface area contributed by atoms with Gasteiger partial charge in [0.25, 0.3) is 5.91 Å². The van der Waals surface area contributed by atoms with Gasteiger partial charge in [0.2, 0.25) is 0 Å². The average molecular weight is 443 g/mol. The zero-order valence-electron chi connectivity index (χ0n) is 13.2. The molecule has 0 aromatic heterocycles. The van der Waals surface area contributed by atoms with Gasteiger partial charge in [0.1, 0.15) is 5.75 Å². The smallest absolute Gasteiger partial charge is 0.255 e. The van der Waals surface area contributed by atoms with E-state index in [1.165, 1.54) is 19.3 Å². The summed E-state index contributed by atoms with van der Waals surface area (Å²) in [5, 5.41) is 3.41. The molecule has 1 N–H and O–H groups in total. The molecule has 5 heteroatoms. The summed E-state index contributed by atoms with van der Waals surface area (Å²) in [6, 6.07) is 3.75. The normalized spacial score (nSPS) is 34.5. The molecule has 23 heavy (non-hydrogen) atoms. The van der Waals surface area contributed by atoms with Crippen molar-refractivity contribution in [2.75, 3.05) is 7.11 Å². The van der Waals surface area contributed by atoms with Crippen molar-refractivity contribution >= 4 is 37.8 Å². The Hall–Kier alpha value is -0.550. The van der Waals surface area contributed by atoms with Crippen LogP contribution in [0.25, 0.3) is 0 Å². The van der Waals surface area contributed by atoms with Gasteiger partial charge in [-0.05, 0) is 84.3 Å². The maximum absolute atomic E-state index is 13.0. The monoisotopic (exact) mass is 441 g/mol. The van der Waals surface area contributed by atoms with Crippen molar-refractivity contribution in [3.05, 3.63) is 26.6 Å². The molecule has 1 amide bonds. The highest BCUT2D eigenvalue weighted by Crippen LogP contribution is 2.55. The largest absolute Gasteiger partial charge is 0.495 e. The van der Waals surface area contributed by atoms with Gasteiger partial charge in [-0.1, -0.05) is 15.9 Å². The second-order valence-electron chi connectivity index (χ2n) is 7.62. The van der Waals surface area contributed by atoms with Crippen molar-refractivity contribution in [2.24, 2.45) is 17.8 Å². The summed E-state index contributed by atoms with van der Waals surface area (Å²) >= 11 is 6.96. The number of nitrogens with one attached hydrogen (secondary N) is 1. The van der Waals surface area contributed by atoms with E-state index < -0.39 is 0 Å². The van der Waals surface area contributed by atoms with Crippen LogP contribution in [0.5, 0.6) is 5.75 Å². The average Bonchev–Trinajstić information content (AvgIpc) is 2.44. The van der Waals surface area contributed by atoms with E-state index >= 15 is 0 Å². The van der Waals surface area contributed by atoms with Gasteiger partial charge in [0.15, 0.2) is 0 Å². The zero-order chi connectivity index (χ0) is 16.2. The predicted molar refractivity (Wildman–Crippen MR) is 96.8 cm³/mol. The first-order valence-corrected chi connectivity index (χ1v) is 9.92. The lowest BCUT2D eigenvalue weighted by Crippen LogP contribution is -2.59. The molecule has 0 aliphatic heterocycles. The van der Waals surface area contributed by atoms with Crippen molar-refractivity contribution in [3.63, 3.8) is 0 Å². The van der Waals surface area contributed by atoms with Gasteiger partial charge in [-0.2, -0.15) is 0 Å². The minimum atomic E-state index is -0.00852. The summed E-state index contributed by atoms with van der Waals surface area (Å²) in [7, 11) is 1.61. The molecule has 4 bridgehead atoms. The lowest BCUT2D eigenvalue weighted by atomic mass is 9.53. The van der Waals surface area contributed by atoms with Crippen molar-refractivity contribution in [3.8, 4) is 5.75 Å². The van der Waals surface area contributed by atoms with Crippen molar-refractivity contribution in [1.82, 2.24) is 5.32 Å². The molecule has 4 saturated carbocycles. The molecule has 1 aromatic carbocycles. The first-order chi connectivity index (χ1) is 11.0. The summed E-state index contributed by atoms with van der Waals surface area (Å²) in [5.74, 6) is 3.05. The predicted octanol–water partition coefficient (Wildman–Crippen LogP) is 4.92. The number of halogens is 2. The minimum Gasteiger partial charge on any atom is -0.495 e. The van der Waals surface area contributed by atoms with E-state index in [-0.39, 0.29) is 11.4 Å². The van der Waals surface area contributed by atoms with Crippen LogP contribution in [-0.2, 0) is 0 Å². The van der Waals surface area contributed by atoms with E-state index in [0.29, 0.717) is 11.3 Å². The maximum atomic E-state index is 13.0. The second-order valence-corrected chi connectivity index (χ2v) is 9.39. The van der Waals surface area contributed by atoms with E-state index in [1.807, 2.05) is 12.1 Å². The van der Waals surface area contributed by atoms with Crippen molar-refractivity contribution in [2.45, 2.75) is 44.1 Å². The Morgan fingerprint density at radius 3 is 2.22 bits per heavy atom. The van der Waals surface area contributed by atoms with Crippen LogP contribution in [0.3, 0.4) is 0 Å². The highest BCUT2D eigenvalue weighted by molar-refractivity contribution is 9.11. The molecule has 0 heterocycles. The molecule has 4 fully saturated rings. The first kappa shape index (κ1) is 15.9. The Kier molecular flexibility index (Phi) is 4.00. The third-order valence-electron chi connectivity index (χ3n) is 5.87. The van der Waals surface area contributed by atoms with Gasteiger partial charge in [0.05, 0.1) is 17.1 Å². The fraction of sp³-hybridized carbons (Fsp3) is 0.611. The molecular weight excluding hydrogens is 422 g/mol. The number of benzene rings is 1. The number of hydrogen-bond acceptors (Lipinski definition) is 2. The topological polar surface area (TPSA) is 38.3 Å². The van der Waals surface area contributed by atoms with E-state index in [0.717, 1.165) is 46.0 Å². The van der Waals surface area contributed by atoms with Gasteiger partial charge >= 0.3 is 0 Å². The fourth-order valence-electron chi connectivity index (χ4n) is 5.51. The minimum absolute atomic E-state index is 0.00852. The van der Waals surface area contributed by atoms with Crippen LogP contribution in [0.15, 0.2) is 21.1 Å². The summed E-state index contributed by atoms with van der Waals surface area (Å²) in [6.07, 6.45) is 7.59. The molecule has 0 saturated heterocycles. The van der Waals surface area contributed by atoms with Crippen LogP contribution in [0.1, 0.15) is 48.9 Å². The number of rotatable bonds is 3. The molecule has 124 valence electrons. The van der Waals surface area contributed by atoms with Gasteiger partial charge < -0.3 is 10.1 Å². The summed E-state index contributed by atoms with van der Waals surface area (Å²) < 4.78 is 7.12. The second kappa shape index (κ2) is 5.76. The van der Waals surface area contributed by atoms with Crippen LogP contribution >= 0.6 is 31.9 Å². The van der Waals surface area contributed by atoms with Gasteiger partial charge in [0, 0.05) is 10.0 Å². The zero-order valence-corrected chi connectivity index (χ0v) is 16.4. The van der Waals surface area contributed by atoms with Crippen LogP contribution in [0.2, 0.25) is 0 Å². The molecule has 0 radical (unpaired) electrons. The SMILES string of the molecule is COc1c(Br)cc(Br)cc1C(=O)NC12CC3CC(CC(C3)C1)C2. The quantitative estimate of drug-likeness (QED) is 0.721. The maximum Gasteiger partial charge on any atom is 0.255 e. The summed E-state index contributed by atoms with van der Waals surface area (Å²) in [6.45, 7) is 0. The van der Waals surface area contributed by atoms with E-state index in [1.54, 1.807) is 7.11 Å². The van der Waals surface area contributed by atoms with Gasteiger partial charge in [-0.15, -0.1) is 0 Å². The Morgan fingerprint density at radius 1 is 1.13 bits per heavy atom.